The van der Waals surface area contributed by atoms with E-state index in [0.717, 1.165) is 6.42 Å². The number of hydrogen-bond acceptors (Lipinski definition) is 4. The molecule has 0 radical (unpaired) electrons. The van der Waals surface area contributed by atoms with Crippen molar-refractivity contribution in [2.24, 2.45) is 0 Å². The molecule has 0 saturated heterocycles. The lowest BCUT2D eigenvalue weighted by Crippen LogP contribution is -2.21. The third-order valence-electron chi connectivity index (χ3n) is 2.41. The quantitative estimate of drug-likeness (QED) is 0.751. The Morgan fingerprint density at radius 1 is 1.42 bits per heavy atom. The van der Waals surface area contributed by atoms with Gasteiger partial charge >= 0.3 is 6.18 Å². The van der Waals surface area contributed by atoms with Crippen LogP contribution in [-0.4, -0.2) is 35.7 Å². The molecule has 1 rings (SSSR count). The highest BCUT2D eigenvalue weighted by Crippen LogP contribution is 2.22. The standard InChI is InChI=1S/C11H19F3N4O/c1-3-5-18-10(9(15)8(2)17-18)16-4-6-19-7-11(12,13)14/h16H,3-7,15H2,1-2H3. The van der Waals surface area contributed by atoms with Crippen molar-refractivity contribution in [3.05, 3.63) is 5.69 Å². The number of nitrogens with two attached hydrogens (primary N) is 1. The normalized spacial score (nSPS) is 11.8. The molecule has 1 aromatic heterocycles. The van der Waals surface area contributed by atoms with Gasteiger partial charge in [0.25, 0.3) is 0 Å². The lowest BCUT2D eigenvalue weighted by Gasteiger charge is -2.11. The maximum atomic E-state index is 11.9. The summed E-state index contributed by atoms with van der Waals surface area (Å²) in [5, 5.41) is 7.20. The fourth-order valence-corrected chi connectivity index (χ4v) is 1.58. The van der Waals surface area contributed by atoms with E-state index in [0.29, 0.717) is 23.7 Å². The topological polar surface area (TPSA) is 65.1 Å². The summed E-state index contributed by atoms with van der Waals surface area (Å²) in [6.07, 6.45) is -3.40. The molecule has 0 fully saturated rings. The molecule has 0 aromatic carbocycles. The predicted octanol–water partition coefficient (Wildman–Crippen LogP) is 2.17. The van der Waals surface area contributed by atoms with E-state index in [1.54, 1.807) is 11.6 Å². The van der Waals surface area contributed by atoms with Crippen molar-refractivity contribution in [2.75, 3.05) is 30.8 Å². The highest BCUT2D eigenvalue weighted by atomic mass is 19.4. The van der Waals surface area contributed by atoms with E-state index >= 15 is 0 Å². The maximum Gasteiger partial charge on any atom is 0.411 e. The molecule has 19 heavy (non-hydrogen) atoms. The molecular weight excluding hydrogens is 261 g/mol. The number of alkyl halides is 3. The van der Waals surface area contributed by atoms with Gasteiger partial charge in [-0.2, -0.15) is 18.3 Å². The number of hydrogen-bond donors (Lipinski definition) is 2. The monoisotopic (exact) mass is 280 g/mol. The summed E-state index contributed by atoms with van der Waals surface area (Å²) in [5.74, 6) is 0.634. The van der Waals surface area contributed by atoms with Crippen molar-refractivity contribution < 1.29 is 17.9 Å². The minimum atomic E-state index is -4.29. The number of nitrogens with one attached hydrogen (secondary N) is 1. The van der Waals surface area contributed by atoms with Crippen molar-refractivity contribution in [3.63, 3.8) is 0 Å². The highest BCUT2D eigenvalue weighted by molar-refractivity contribution is 5.64. The molecule has 0 amide bonds. The summed E-state index contributed by atoms with van der Waals surface area (Å²) in [7, 11) is 0. The zero-order valence-corrected chi connectivity index (χ0v) is 11.0. The Morgan fingerprint density at radius 2 is 2.11 bits per heavy atom. The molecule has 0 atom stereocenters. The van der Waals surface area contributed by atoms with Gasteiger partial charge in [-0.1, -0.05) is 6.92 Å². The third kappa shape index (κ3) is 4.98. The van der Waals surface area contributed by atoms with Crippen LogP contribution in [0.1, 0.15) is 19.0 Å². The van der Waals surface area contributed by atoms with Crippen molar-refractivity contribution in [1.29, 1.82) is 0 Å². The van der Waals surface area contributed by atoms with Crippen molar-refractivity contribution in [2.45, 2.75) is 33.0 Å². The van der Waals surface area contributed by atoms with Gasteiger partial charge in [-0.15, -0.1) is 0 Å². The Labute approximate surface area is 109 Å². The molecule has 8 heteroatoms. The van der Waals surface area contributed by atoms with Gasteiger partial charge in [0.1, 0.15) is 12.4 Å². The Balaban J connectivity index is 2.44. The van der Waals surface area contributed by atoms with E-state index in [1.807, 2.05) is 6.92 Å². The Hall–Kier alpha value is -1.44. The molecule has 0 bridgehead atoms. The lowest BCUT2D eigenvalue weighted by atomic mass is 10.4. The average molecular weight is 280 g/mol. The predicted molar refractivity (Wildman–Crippen MR) is 67.0 cm³/mol. The van der Waals surface area contributed by atoms with Gasteiger partial charge in [-0.05, 0) is 13.3 Å². The summed E-state index contributed by atoms with van der Waals surface area (Å²) in [5.41, 5.74) is 7.07. The van der Waals surface area contributed by atoms with Gasteiger partial charge in [-0.25, -0.2) is 4.68 Å². The van der Waals surface area contributed by atoms with Crippen molar-refractivity contribution in [3.8, 4) is 0 Å². The van der Waals surface area contributed by atoms with Crippen LogP contribution in [0.5, 0.6) is 0 Å². The van der Waals surface area contributed by atoms with E-state index < -0.39 is 12.8 Å². The Kier molecular flexibility index (Phi) is 5.46. The van der Waals surface area contributed by atoms with Gasteiger partial charge in [0.05, 0.1) is 18.0 Å². The smallest absolute Gasteiger partial charge is 0.394 e. The molecule has 5 nitrogen and oxygen atoms in total. The number of aryl methyl sites for hydroxylation is 2. The van der Waals surface area contributed by atoms with Crippen LogP contribution in [0.4, 0.5) is 24.7 Å². The van der Waals surface area contributed by atoms with Crippen LogP contribution in [0, 0.1) is 6.92 Å². The molecule has 110 valence electrons. The Bertz CT molecular complexity index is 403. The van der Waals surface area contributed by atoms with E-state index in [-0.39, 0.29) is 13.2 Å². The van der Waals surface area contributed by atoms with E-state index in [9.17, 15) is 13.2 Å². The second-order valence-electron chi connectivity index (χ2n) is 4.17. The number of nitrogens with zero attached hydrogens (tertiary/aromatic N) is 2. The summed E-state index contributed by atoms with van der Waals surface area (Å²) >= 11 is 0. The second-order valence-corrected chi connectivity index (χ2v) is 4.17. The summed E-state index contributed by atoms with van der Waals surface area (Å²) in [4.78, 5) is 0. The summed E-state index contributed by atoms with van der Waals surface area (Å²) in [6, 6.07) is 0. The lowest BCUT2D eigenvalue weighted by molar-refractivity contribution is -0.172. The molecule has 0 aliphatic heterocycles. The van der Waals surface area contributed by atoms with Crippen LogP contribution < -0.4 is 11.1 Å². The summed E-state index contributed by atoms with van der Waals surface area (Å²) in [6.45, 7) is 3.45. The molecule has 1 aromatic rings. The second kappa shape index (κ2) is 6.65. The third-order valence-corrected chi connectivity index (χ3v) is 2.41. The van der Waals surface area contributed by atoms with Gasteiger partial charge in [0.2, 0.25) is 0 Å². The molecule has 0 aliphatic carbocycles. The number of halogens is 3. The van der Waals surface area contributed by atoms with Gasteiger partial charge in [-0.3, -0.25) is 0 Å². The molecule has 0 spiro atoms. The van der Waals surface area contributed by atoms with Crippen molar-refractivity contribution in [1.82, 2.24) is 9.78 Å². The van der Waals surface area contributed by atoms with Crippen LogP contribution in [0.2, 0.25) is 0 Å². The number of ether oxygens (including phenoxy) is 1. The molecule has 3 N–H and O–H groups in total. The first-order valence-electron chi connectivity index (χ1n) is 6.06. The van der Waals surface area contributed by atoms with Crippen LogP contribution in [0.15, 0.2) is 0 Å². The molecular formula is C11H19F3N4O. The first-order valence-corrected chi connectivity index (χ1v) is 6.06. The van der Waals surface area contributed by atoms with Crippen LogP contribution in [-0.2, 0) is 11.3 Å². The largest absolute Gasteiger partial charge is 0.411 e. The average Bonchev–Trinajstić information content (AvgIpc) is 2.55. The van der Waals surface area contributed by atoms with Crippen LogP contribution in [0.25, 0.3) is 0 Å². The number of rotatable bonds is 7. The molecule has 0 aliphatic rings. The van der Waals surface area contributed by atoms with Crippen molar-refractivity contribution >= 4 is 11.5 Å². The minimum absolute atomic E-state index is 0.0463. The number of aromatic nitrogens is 2. The first-order chi connectivity index (χ1) is 8.85. The molecule has 1 heterocycles. The summed E-state index contributed by atoms with van der Waals surface area (Å²) < 4.78 is 41.8. The SMILES string of the molecule is CCCn1nc(C)c(N)c1NCCOCC(F)(F)F. The van der Waals surface area contributed by atoms with E-state index in [4.69, 9.17) is 5.73 Å². The van der Waals surface area contributed by atoms with Gasteiger partial charge in [0.15, 0.2) is 0 Å². The Morgan fingerprint density at radius 3 is 2.68 bits per heavy atom. The van der Waals surface area contributed by atoms with Gasteiger partial charge < -0.3 is 15.8 Å². The molecule has 0 unspecified atom stereocenters. The van der Waals surface area contributed by atoms with E-state index in [1.165, 1.54) is 0 Å². The maximum absolute atomic E-state index is 11.9. The zero-order chi connectivity index (χ0) is 14.5. The fourth-order valence-electron chi connectivity index (χ4n) is 1.58. The first kappa shape index (κ1) is 15.6. The minimum Gasteiger partial charge on any atom is -0.394 e. The zero-order valence-electron chi connectivity index (χ0n) is 11.0. The van der Waals surface area contributed by atoms with Crippen LogP contribution in [0.3, 0.4) is 0 Å². The van der Waals surface area contributed by atoms with E-state index in [2.05, 4.69) is 15.2 Å². The highest BCUT2D eigenvalue weighted by Gasteiger charge is 2.27. The molecule has 0 saturated carbocycles. The number of anilines is 2. The fraction of sp³-hybridized carbons (Fsp3) is 0.727. The van der Waals surface area contributed by atoms with Gasteiger partial charge in [0, 0.05) is 13.1 Å². The number of nitrogen functional groups attached to an aromatic ring is 1. The van der Waals surface area contributed by atoms with Crippen LogP contribution >= 0.6 is 0 Å².